The van der Waals surface area contributed by atoms with Crippen molar-refractivity contribution in [3.05, 3.63) is 64.8 Å². The zero-order valence-electron chi connectivity index (χ0n) is 17.6. The maximum atomic E-state index is 14.1. The number of aromatic nitrogens is 1. The summed E-state index contributed by atoms with van der Waals surface area (Å²) in [6.07, 6.45) is -4.61. The van der Waals surface area contributed by atoms with Crippen LogP contribution in [0.2, 0.25) is 0 Å². The molecule has 0 radical (unpaired) electrons. The minimum absolute atomic E-state index is 0.127. The Labute approximate surface area is 191 Å². The van der Waals surface area contributed by atoms with E-state index in [0.717, 1.165) is 0 Å². The van der Waals surface area contributed by atoms with Crippen LogP contribution >= 0.6 is 15.9 Å². The minimum atomic E-state index is -5.22. The Morgan fingerprint density at radius 1 is 1.16 bits per heavy atom. The van der Waals surface area contributed by atoms with Gasteiger partial charge in [0.25, 0.3) is 5.91 Å². The predicted molar refractivity (Wildman–Crippen MR) is 120 cm³/mol. The molecule has 1 unspecified atom stereocenters. The van der Waals surface area contributed by atoms with Crippen LogP contribution in [-0.2, 0) is 10.2 Å². The zero-order chi connectivity index (χ0) is 23.7. The van der Waals surface area contributed by atoms with Crippen LogP contribution in [0, 0.1) is 0 Å². The number of pyridine rings is 1. The highest BCUT2D eigenvalue weighted by atomic mass is 79.9. The average Bonchev–Trinajstić information content (AvgIpc) is 2.72. The van der Waals surface area contributed by atoms with Crippen molar-refractivity contribution in [1.82, 2.24) is 4.98 Å². The molecular weight excluding hydrogens is 489 g/mol. The van der Waals surface area contributed by atoms with E-state index < -0.39 is 29.5 Å². The Morgan fingerprint density at radius 3 is 2.53 bits per heavy atom. The number of hydrogen-bond acceptors (Lipinski definition) is 4. The van der Waals surface area contributed by atoms with Gasteiger partial charge in [-0.1, -0.05) is 41.9 Å². The molecule has 1 atom stereocenters. The van der Waals surface area contributed by atoms with Gasteiger partial charge < -0.3 is 15.2 Å². The number of carbonyl (C=O) groups is 1. The van der Waals surface area contributed by atoms with Gasteiger partial charge in [-0.15, -0.1) is 0 Å². The number of fused-ring (bicyclic) bond motifs is 1. The van der Waals surface area contributed by atoms with E-state index in [1.165, 1.54) is 33.2 Å². The standard InChI is InChI=1S/C23H22BrF3N2O3/c1-21(2,16-10-9-14(24)12-19(16)32-3)13-22(31,23(25,26)27)20(30)29-18-8-4-7-17-15(18)6-5-11-28-17/h4-12,31H,13H2,1-3H3,(H,29,30). The minimum Gasteiger partial charge on any atom is -0.496 e. The van der Waals surface area contributed by atoms with Crippen LogP contribution in [-0.4, -0.2) is 34.9 Å². The number of halogens is 4. The van der Waals surface area contributed by atoms with E-state index in [1.54, 1.807) is 42.5 Å². The van der Waals surface area contributed by atoms with Crippen LogP contribution in [0.3, 0.4) is 0 Å². The molecule has 1 amide bonds. The highest BCUT2D eigenvalue weighted by Crippen LogP contribution is 2.44. The lowest BCUT2D eigenvalue weighted by atomic mass is 9.74. The van der Waals surface area contributed by atoms with Crippen molar-refractivity contribution in [2.45, 2.75) is 37.5 Å². The number of anilines is 1. The van der Waals surface area contributed by atoms with E-state index in [1.807, 2.05) is 0 Å². The maximum absolute atomic E-state index is 14.1. The van der Waals surface area contributed by atoms with E-state index in [2.05, 4.69) is 26.2 Å². The molecule has 170 valence electrons. The quantitative estimate of drug-likeness (QED) is 0.452. The molecule has 0 aliphatic rings. The molecule has 32 heavy (non-hydrogen) atoms. The number of nitrogens with zero attached hydrogens (tertiary/aromatic N) is 1. The van der Waals surface area contributed by atoms with Gasteiger partial charge >= 0.3 is 6.18 Å². The fourth-order valence-corrected chi connectivity index (χ4v) is 4.05. The highest BCUT2D eigenvalue weighted by Gasteiger charge is 2.61. The Hall–Kier alpha value is -2.65. The number of carbonyl (C=O) groups excluding carboxylic acids is 1. The first-order chi connectivity index (χ1) is 14.9. The highest BCUT2D eigenvalue weighted by molar-refractivity contribution is 9.10. The van der Waals surface area contributed by atoms with Crippen LogP contribution in [0.25, 0.3) is 10.9 Å². The normalized spacial score (nSPS) is 14.1. The van der Waals surface area contributed by atoms with E-state index >= 15 is 0 Å². The third-order valence-corrected chi connectivity index (χ3v) is 5.82. The van der Waals surface area contributed by atoms with Gasteiger partial charge in [0, 0.05) is 22.5 Å². The monoisotopic (exact) mass is 510 g/mol. The van der Waals surface area contributed by atoms with Crippen molar-refractivity contribution in [2.24, 2.45) is 0 Å². The Bertz CT molecular complexity index is 1150. The first kappa shape index (κ1) is 24.0. The van der Waals surface area contributed by atoms with Crippen LogP contribution < -0.4 is 10.1 Å². The second-order valence-corrected chi connectivity index (χ2v) is 9.01. The van der Waals surface area contributed by atoms with Gasteiger partial charge in [-0.05, 0) is 47.4 Å². The average molecular weight is 511 g/mol. The number of benzene rings is 2. The molecule has 0 saturated carbocycles. The van der Waals surface area contributed by atoms with Crippen molar-refractivity contribution in [2.75, 3.05) is 12.4 Å². The summed E-state index contributed by atoms with van der Waals surface area (Å²) >= 11 is 3.30. The molecule has 9 heteroatoms. The topological polar surface area (TPSA) is 71.5 Å². The molecule has 0 aliphatic carbocycles. The lowest BCUT2D eigenvalue weighted by Gasteiger charge is -2.37. The summed E-state index contributed by atoms with van der Waals surface area (Å²) < 4.78 is 48.3. The molecule has 1 heterocycles. The maximum Gasteiger partial charge on any atom is 0.426 e. The third kappa shape index (κ3) is 4.59. The van der Waals surface area contributed by atoms with E-state index in [-0.39, 0.29) is 5.69 Å². The van der Waals surface area contributed by atoms with Crippen molar-refractivity contribution < 1.29 is 27.8 Å². The van der Waals surface area contributed by atoms with Crippen molar-refractivity contribution >= 4 is 38.4 Å². The molecule has 1 aromatic heterocycles. The number of hydrogen-bond donors (Lipinski definition) is 2. The number of amides is 1. The zero-order valence-corrected chi connectivity index (χ0v) is 19.2. The largest absolute Gasteiger partial charge is 0.496 e. The molecule has 2 N–H and O–H groups in total. The van der Waals surface area contributed by atoms with Gasteiger partial charge in [0.2, 0.25) is 5.60 Å². The first-order valence-electron chi connectivity index (χ1n) is 9.67. The van der Waals surface area contributed by atoms with Gasteiger partial charge in [-0.25, -0.2) is 0 Å². The van der Waals surface area contributed by atoms with Gasteiger partial charge in [0.1, 0.15) is 5.75 Å². The van der Waals surface area contributed by atoms with E-state index in [9.17, 15) is 23.1 Å². The smallest absolute Gasteiger partial charge is 0.426 e. The van der Waals surface area contributed by atoms with Gasteiger partial charge in [0.05, 0.1) is 18.3 Å². The SMILES string of the molecule is COc1cc(Br)ccc1C(C)(C)CC(O)(C(=O)Nc1cccc2ncccc12)C(F)(F)F. The molecule has 5 nitrogen and oxygen atoms in total. The number of nitrogens with one attached hydrogen (secondary N) is 1. The van der Waals surface area contributed by atoms with E-state index in [4.69, 9.17) is 4.74 Å². The van der Waals surface area contributed by atoms with Crippen molar-refractivity contribution in [3.63, 3.8) is 0 Å². The van der Waals surface area contributed by atoms with Crippen LogP contribution in [0.4, 0.5) is 18.9 Å². The Balaban J connectivity index is 2.00. The molecule has 0 aliphatic heterocycles. The molecule has 3 aromatic rings. The summed E-state index contributed by atoms with van der Waals surface area (Å²) in [6.45, 7) is 3.04. The second kappa shape index (κ2) is 8.71. The molecule has 0 bridgehead atoms. The summed E-state index contributed by atoms with van der Waals surface area (Å²) in [5.74, 6) is -1.22. The fraction of sp³-hybridized carbons (Fsp3) is 0.304. The molecule has 0 saturated heterocycles. The Morgan fingerprint density at radius 2 is 1.88 bits per heavy atom. The molecule has 0 fully saturated rings. The van der Waals surface area contributed by atoms with Crippen LogP contribution in [0.15, 0.2) is 59.2 Å². The number of aliphatic hydroxyl groups is 1. The lowest BCUT2D eigenvalue weighted by Crippen LogP contribution is -2.57. The van der Waals surface area contributed by atoms with E-state index in [0.29, 0.717) is 26.7 Å². The van der Waals surface area contributed by atoms with Crippen molar-refractivity contribution in [3.8, 4) is 5.75 Å². The third-order valence-electron chi connectivity index (χ3n) is 5.33. The number of rotatable bonds is 6. The lowest BCUT2D eigenvalue weighted by molar-refractivity contribution is -0.254. The summed E-state index contributed by atoms with van der Waals surface area (Å²) in [7, 11) is 1.40. The van der Waals surface area contributed by atoms with Gasteiger partial charge in [-0.3, -0.25) is 9.78 Å². The number of ether oxygens (including phenoxy) is 1. The predicted octanol–water partition coefficient (Wildman–Crippen LogP) is 5.61. The summed E-state index contributed by atoms with van der Waals surface area (Å²) in [6, 6.07) is 12.8. The summed E-state index contributed by atoms with van der Waals surface area (Å²) in [4.78, 5) is 17.0. The molecule has 0 spiro atoms. The van der Waals surface area contributed by atoms with Crippen LogP contribution in [0.1, 0.15) is 25.8 Å². The molecular formula is C23H22BrF3N2O3. The fourth-order valence-electron chi connectivity index (χ4n) is 3.71. The molecule has 3 rings (SSSR count). The molecule has 2 aromatic carbocycles. The summed E-state index contributed by atoms with van der Waals surface area (Å²) in [5, 5.41) is 13.5. The number of alkyl halides is 3. The van der Waals surface area contributed by atoms with Crippen LogP contribution in [0.5, 0.6) is 5.75 Å². The first-order valence-corrected chi connectivity index (χ1v) is 10.5. The van der Waals surface area contributed by atoms with Gasteiger partial charge in [0.15, 0.2) is 0 Å². The summed E-state index contributed by atoms with van der Waals surface area (Å²) in [5.41, 5.74) is -3.87. The van der Waals surface area contributed by atoms with Gasteiger partial charge in [-0.2, -0.15) is 13.2 Å². The Kier molecular flexibility index (Phi) is 6.53. The van der Waals surface area contributed by atoms with Crippen molar-refractivity contribution in [1.29, 1.82) is 0 Å². The number of methoxy groups -OCH3 is 1. The second-order valence-electron chi connectivity index (χ2n) is 8.09.